The summed E-state index contributed by atoms with van der Waals surface area (Å²) < 4.78 is 18.8. The average Bonchev–Trinajstić information content (AvgIpc) is 2.98. The summed E-state index contributed by atoms with van der Waals surface area (Å²) in [5.41, 5.74) is 1.64. The van der Waals surface area contributed by atoms with Crippen LogP contribution in [0.4, 0.5) is 9.52 Å². The van der Waals surface area contributed by atoms with Gasteiger partial charge in [0.1, 0.15) is 11.6 Å². The van der Waals surface area contributed by atoms with E-state index in [0.717, 1.165) is 28.0 Å². The van der Waals surface area contributed by atoms with E-state index >= 15 is 0 Å². The number of nitrogens with one attached hydrogen (secondary N) is 1. The highest BCUT2D eigenvalue weighted by molar-refractivity contribution is 7.16. The van der Waals surface area contributed by atoms with Gasteiger partial charge in [-0.1, -0.05) is 23.2 Å². The van der Waals surface area contributed by atoms with Crippen LogP contribution in [-0.2, 0) is 0 Å². The van der Waals surface area contributed by atoms with Gasteiger partial charge < -0.3 is 4.74 Å². The topological polar surface area (TPSA) is 51.2 Å². The monoisotopic (exact) mass is 410 g/mol. The minimum absolute atomic E-state index is 0.00702. The van der Waals surface area contributed by atoms with Gasteiger partial charge >= 0.3 is 0 Å². The minimum atomic E-state index is -0.713. The Hall–Kier alpha value is -2.15. The number of aryl methyl sites for hydroxylation is 1. The molecule has 1 heterocycles. The Bertz CT molecular complexity index is 974. The summed E-state index contributed by atoms with van der Waals surface area (Å²) in [5, 5.41) is 2.97. The first-order valence-electron chi connectivity index (χ1n) is 7.46. The van der Waals surface area contributed by atoms with Crippen LogP contribution in [0.5, 0.6) is 5.75 Å². The third-order valence-corrected chi connectivity index (χ3v) is 5.12. The molecule has 3 aromatic rings. The normalized spacial score (nSPS) is 10.7. The molecule has 0 unspecified atom stereocenters. The van der Waals surface area contributed by atoms with Crippen LogP contribution in [0.2, 0.25) is 10.0 Å². The quantitative estimate of drug-likeness (QED) is 0.550. The molecule has 0 aliphatic heterocycles. The van der Waals surface area contributed by atoms with Crippen molar-refractivity contribution in [3.8, 4) is 17.0 Å². The number of carbonyl (C=O) groups excluding carboxylic acids is 1. The molecule has 4 nitrogen and oxygen atoms in total. The van der Waals surface area contributed by atoms with Gasteiger partial charge in [-0.15, -0.1) is 11.3 Å². The van der Waals surface area contributed by atoms with Crippen molar-refractivity contribution < 1.29 is 13.9 Å². The van der Waals surface area contributed by atoms with E-state index in [2.05, 4.69) is 10.3 Å². The lowest BCUT2D eigenvalue weighted by atomic mass is 10.1. The summed E-state index contributed by atoms with van der Waals surface area (Å²) in [6.07, 6.45) is 0. The SMILES string of the molecule is COc1ccc(-c2nc(NC(=O)c3cc(F)c(Cl)cc3Cl)sc2C)cc1. The zero-order valence-corrected chi connectivity index (χ0v) is 16.1. The molecule has 0 fully saturated rings. The molecular weight excluding hydrogens is 398 g/mol. The van der Waals surface area contributed by atoms with E-state index in [1.54, 1.807) is 7.11 Å². The van der Waals surface area contributed by atoms with Crippen molar-refractivity contribution >= 4 is 45.6 Å². The van der Waals surface area contributed by atoms with Crippen molar-refractivity contribution in [1.82, 2.24) is 4.98 Å². The predicted molar refractivity (Wildman–Crippen MR) is 103 cm³/mol. The Morgan fingerprint density at radius 1 is 1.19 bits per heavy atom. The third kappa shape index (κ3) is 3.82. The number of benzene rings is 2. The number of aromatic nitrogens is 1. The standard InChI is InChI=1S/C18H13Cl2FN2O2S/c1-9-16(10-3-5-11(25-2)6-4-10)22-18(26-9)23-17(24)12-7-15(21)14(20)8-13(12)19/h3-8H,1-2H3,(H,22,23,24). The number of nitrogens with zero attached hydrogens (tertiary/aromatic N) is 1. The van der Waals surface area contributed by atoms with E-state index in [1.165, 1.54) is 17.4 Å². The third-order valence-electron chi connectivity index (χ3n) is 3.64. The number of ether oxygens (including phenoxy) is 1. The molecule has 0 saturated carbocycles. The largest absolute Gasteiger partial charge is 0.497 e. The summed E-state index contributed by atoms with van der Waals surface area (Å²) >= 11 is 13.0. The number of carbonyl (C=O) groups is 1. The highest BCUT2D eigenvalue weighted by Crippen LogP contribution is 2.32. The molecule has 134 valence electrons. The lowest BCUT2D eigenvalue weighted by Crippen LogP contribution is -2.12. The second kappa shape index (κ2) is 7.61. The average molecular weight is 411 g/mol. The summed E-state index contributed by atoms with van der Waals surface area (Å²) in [6.45, 7) is 1.90. The van der Waals surface area contributed by atoms with Gasteiger partial charge in [0.05, 0.1) is 28.4 Å². The van der Waals surface area contributed by atoms with E-state index in [0.29, 0.717) is 5.13 Å². The van der Waals surface area contributed by atoms with Crippen LogP contribution in [0.25, 0.3) is 11.3 Å². The van der Waals surface area contributed by atoms with Crippen LogP contribution < -0.4 is 10.1 Å². The lowest BCUT2D eigenvalue weighted by molar-refractivity contribution is 0.102. The number of rotatable bonds is 4. The fourth-order valence-electron chi connectivity index (χ4n) is 2.33. The van der Waals surface area contributed by atoms with Gasteiger partial charge in [-0.2, -0.15) is 0 Å². The Kier molecular flexibility index (Phi) is 5.46. The zero-order valence-electron chi connectivity index (χ0n) is 13.8. The lowest BCUT2D eigenvalue weighted by Gasteiger charge is -2.05. The fraction of sp³-hybridized carbons (Fsp3) is 0.111. The van der Waals surface area contributed by atoms with E-state index in [9.17, 15) is 9.18 Å². The van der Waals surface area contributed by atoms with E-state index in [-0.39, 0.29) is 15.6 Å². The second-order valence-corrected chi connectivity index (χ2v) is 7.37. The van der Waals surface area contributed by atoms with Crippen LogP contribution in [0.1, 0.15) is 15.2 Å². The van der Waals surface area contributed by atoms with E-state index in [1.807, 2.05) is 31.2 Å². The molecule has 8 heteroatoms. The van der Waals surface area contributed by atoms with Crippen LogP contribution in [0, 0.1) is 12.7 Å². The predicted octanol–water partition coefficient (Wildman–Crippen LogP) is 5.83. The van der Waals surface area contributed by atoms with Crippen molar-refractivity contribution in [3.05, 3.63) is 62.7 Å². The van der Waals surface area contributed by atoms with Gasteiger partial charge in [0.25, 0.3) is 5.91 Å². The molecule has 3 rings (SSSR count). The highest BCUT2D eigenvalue weighted by Gasteiger charge is 2.17. The van der Waals surface area contributed by atoms with Gasteiger partial charge in [0, 0.05) is 10.4 Å². The molecule has 0 radical (unpaired) electrons. The van der Waals surface area contributed by atoms with Crippen LogP contribution in [0.3, 0.4) is 0 Å². The summed E-state index contributed by atoms with van der Waals surface area (Å²) in [7, 11) is 1.60. The number of hydrogen-bond acceptors (Lipinski definition) is 4. The fourth-order valence-corrected chi connectivity index (χ4v) is 3.63. The van der Waals surface area contributed by atoms with Gasteiger partial charge in [-0.25, -0.2) is 9.37 Å². The van der Waals surface area contributed by atoms with Crippen molar-refractivity contribution in [2.24, 2.45) is 0 Å². The summed E-state index contributed by atoms with van der Waals surface area (Å²) in [4.78, 5) is 17.8. The van der Waals surface area contributed by atoms with E-state index < -0.39 is 11.7 Å². The Morgan fingerprint density at radius 2 is 1.88 bits per heavy atom. The molecule has 0 aliphatic rings. The first kappa shape index (κ1) is 18.6. The Labute approximate surface area is 163 Å². The molecule has 26 heavy (non-hydrogen) atoms. The van der Waals surface area contributed by atoms with Gasteiger partial charge in [-0.05, 0) is 43.3 Å². The first-order valence-corrected chi connectivity index (χ1v) is 9.04. The van der Waals surface area contributed by atoms with Crippen LogP contribution >= 0.6 is 34.5 Å². The number of anilines is 1. The molecule has 1 amide bonds. The van der Waals surface area contributed by atoms with Crippen LogP contribution in [0.15, 0.2) is 36.4 Å². The first-order chi connectivity index (χ1) is 12.4. The molecular formula is C18H13Cl2FN2O2S. The highest BCUT2D eigenvalue weighted by atomic mass is 35.5. The van der Waals surface area contributed by atoms with Crippen molar-refractivity contribution in [3.63, 3.8) is 0 Å². The maximum absolute atomic E-state index is 13.6. The zero-order chi connectivity index (χ0) is 18.8. The number of methoxy groups -OCH3 is 1. The Morgan fingerprint density at radius 3 is 2.54 bits per heavy atom. The molecule has 0 bridgehead atoms. The van der Waals surface area contributed by atoms with Crippen molar-refractivity contribution in [1.29, 1.82) is 0 Å². The smallest absolute Gasteiger partial charge is 0.259 e. The second-order valence-electron chi connectivity index (χ2n) is 5.35. The van der Waals surface area contributed by atoms with Gasteiger partial charge in [-0.3, -0.25) is 10.1 Å². The van der Waals surface area contributed by atoms with Gasteiger partial charge in [0.15, 0.2) is 5.13 Å². The van der Waals surface area contributed by atoms with Crippen molar-refractivity contribution in [2.75, 3.05) is 12.4 Å². The Balaban J connectivity index is 1.85. The molecule has 0 saturated heterocycles. The maximum atomic E-state index is 13.6. The number of halogens is 3. The summed E-state index contributed by atoms with van der Waals surface area (Å²) in [6, 6.07) is 9.65. The number of amides is 1. The maximum Gasteiger partial charge on any atom is 0.259 e. The summed E-state index contributed by atoms with van der Waals surface area (Å²) in [5.74, 6) is -0.523. The molecule has 2 aromatic carbocycles. The molecule has 0 spiro atoms. The molecule has 1 N–H and O–H groups in total. The van der Waals surface area contributed by atoms with Crippen LogP contribution in [-0.4, -0.2) is 18.0 Å². The number of thiazole rings is 1. The number of hydrogen-bond donors (Lipinski definition) is 1. The minimum Gasteiger partial charge on any atom is -0.497 e. The molecule has 0 aliphatic carbocycles. The molecule has 1 aromatic heterocycles. The van der Waals surface area contributed by atoms with Gasteiger partial charge in [0.2, 0.25) is 0 Å². The molecule has 0 atom stereocenters. The van der Waals surface area contributed by atoms with Crippen molar-refractivity contribution in [2.45, 2.75) is 6.92 Å². The van der Waals surface area contributed by atoms with E-state index in [4.69, 9.17) is 27.9 Å².